The van der Waals surface area contributed by atoms with Crippen molar-refractivity contribution in [3.05, 3.63) is 0 Å². The summed E-state index contributed by atoms with van der Waals surface area (Å²) in [7, 11) is 0. The molecule has 1 rings (SSSR count). The van der Waals surface area contributed by atoms with E-state index >= 15 is 0 Å². The van der Waals surface area contributed by atoms with Crippen LogP contribution >= 0.6 is 0 Å². The third-order valence-corrected chi connectivity index (χ3v) is 1.41. The van der Waals surface area contributed by atoms with Gasteiger partial charge >= 0.3 is 5.97 Å². The Hall–Kier alpha value is -0.610. The first kappa shape index (κ1) is 6.51. The van der Waals surface area contributed by atoms with Crippen molar-refractivity contribution in [2.75, 3.05) is 6.54 Å². The number of carbonyl (C=O) groups is 1. The van der Waals surface area contributed by atoms with Gasteiger partial charge in [-0.2, -0.15) is 0 Å². The van der Waals surface area contributed by atoms with Crippen molar-refractivity contribution in [2.45, 2.75) is 18.6 Å². The Bertz CT molecular complexity index is 125. The standard InChI is InChI=1S/C5H9NO3/c7-3-1-4(5(8)9)6-2-3/h3-4,6-7H,1-2H2,(H,8,9)/t3?,4-/m1/s1. The number of rotatable bonds is 1. The zero-order valence-electron chi connectivity index (χ0n) is 4.87. The SMILES string of the molecule is O=C(O)[C@H]1CC(O)CN1. The zero-order chi connectivity index (χ0) is 6.85. The van der Waals surface area contributed by atoms with Gasteiger partial charge < -0.3 is 15.5 Å². The van der Waals surface area contributed by atoms with Gasteiger partial charge in [0, 0.05) is 13.0 Å². The van der Waals surface area contributed by atoms with Crippen LogP contribution in [0.4, 0.5) is 0 Å². The molecule has 1 aliphatic rings. The minimum absolute atomic E-state index is 0.329. The number of carboxylic acid groups (broad SMARTS) is 1. The van der Waals surface area contributed by atoms with Crippen molar-refractivity contribution in [1.29, 1.82) is 0 Å². The normalized spacial score (nSPS) is 34.8. The smallest absolute Gasteiger partial charge is 0.320 e. The van der Waals surface area contributed by atoms with E-state index in [0.717, 1.165) is 0 Å². The molecule has 1 unspecified atom stereocenters. The zero-order valence-corrected chi connectivity index (χ0v) is 4.87. The largest absolute Gasteiger partial charge is 0.480 e. The number of carboxylic acids is 1. The molecule has 52 valence electrons. The van der Waals surface area contributed by atoms with Crippen molar-refractivity contribution in [1.82, 2.24) is 5.32 Å². The third kappa shape index (κ3) is 1.40. The van der Waals surface area contributed by atoms with E-state index in [-0.39, 0.29) is 0 Å². The van der Waals surface area contributed by atoms with Crippen molar-refractivity contribution in [3.8, 4) is 0 Å². The van der Waals surface area contributed by atoms with Crippen LogP contribution in [-0.4, -0.2) is 34.9 Å². The van der Waals surface area contributed by atoms with E-state index in [1.165, 1.54) is 0 Å². The van der Waals surface area contributed by atoms with E-state index in [1.807, 2.05) is 0 Å². The van der Waals surface area contributed by atoms with Crippen LogP contribution in [0, 0.1) is 0 Å². The van der Waals surface area contributed by atoms with Crippen LogP contribution in [0.5, 0.6) is 0 Å². The fourth-order valence-electron chi connectivity index (χ4n) is 0.905. The van der Waals surface area contributed by atoms with Crippen LogP contribution in [0.3, 0.4) is 0 Å². The average Bonchev–Trinajstić information content (AvgIpc) is 2.14. The Kier molecular flexibility index (Phi) is 1.68. The molecule has 1 heterocycles. The molecule has 0 saturated carbocycles. The Morgan fingerprint density at radius 1 is 1.67 bits per heavy atom. The maximum atomic E-state index is 10.2. The van der Waals surface area contributed by atoms with Crippen molar-refractivity contribution in [3.63, 3.8) is 0 Å². The summed E-state index contributed by atoms with van der Waals surface area (Å²) in [5, 5.41) is 19.8. The molecule has 0 aliphatic carbocycles. The lowest BCUT2D eigenvalue weighted by Gasteiger charge is -1.99. The van der Waals surface area contributed by atoms with Gasteiger partial charge in [0.25, 0.3) is 0 Å². The van der Waals surface area contributed by atoms with Gasteiger partial charge in [-0.1, -0.05) is 0 Å². The molecule has 0 spiro atoms. The highest BCUT2D eigenvalue weighted by molar-refractivity contribution is 5.73. The Labute approximate surface area is 52.5 Å². The van der Waals surface area contributed by atoms with E-state index in [4.69, 9.17) is 10.2 Å². The molecule has 0 aromatic heterocycles. The molecular formula is C5H9NO3. The maximum Gasteiger partial charge on any atom is 0.320 e. The minimum atomic E-state index is -0.883. The Morgan fingerprint density at radius 3 is 2.56 bits per heavy atom. The van der Waals surface area contributed by atoms with Gasteiger partial charge in [-0.3, -0.25) is 4.79 Å². The van der Waals surface area contributed by atoms with Gasteiger partial charge in [0.05, 0.1) is 6.10 Å². The van der Waals surface area contributed by atoms with Crippen molar-refractivity contribution in [2.24, 2.45) is 0 Å². The summed E-state index contributed by atoms with van der Waals surface area (Å²) < 4.78 is 0. The van der Waals surface area contributed by atoms with Crippen LogP contribution in [0.1, 0.15) is 6.42 Å². The number of aliphatic hydroxyl groups is 1. The molecule has 3 N–H and O–H groups in total. The third-order valence-electron chi connectivity index (χ3n) is 1.41. The van der Waals surface area contributed by atoms with Gasteiger partial charge in [0.1, 0.15) is 6.04 Å². The first-order valence-corrected chi connectivity index (χ1v) is 2.84. The summed E-state index contributed by atoms with van der Waals surface area (Å²) >= 11 is 0. The Morgan fingerprint density at radius 2 is 2.33 bits per heavy atom. The monoisotopic (exact) mass is 131 g/mol. The minimum Gasteiger partial charge on any atom is -0.480 e. The lowest BCUT2D eigenvalue weighted by atomic mass is 10.2. The van der Waals surface area contributed by atoms with E-state index in [0.29, 0.717) is 13.0 Å². The van der Waals surface area contributed by atoms with Gasteiger partial charge in [0.15, 0.2) is 0 Å². The van der Waals surface area contributed by atoms with Gasteiger partial charge in [-0.15, -0.1) is 0 Å². The van der Waals surface area contributed by atoms with E-state index < -0.39 is 18.1 Å². The van der Waals surface area contributed by atoms with Crippen LogP contribution in [-0.2, 0) is 4.79 Å². The molecule has 0 bridgehead atoms. The molecule has 0 radical (unpaired) electrons. The van der Waals surface area contributed by atoms with Gasteiger partial charge in [-0.25, -0.2) is 0 Å². The van der Waals surface area contributed by atoms with Gasteiger partial charge in [-0.05, 0) is 0 Å². The number of hydrogen-bond acceptors (Lipinski definition) is 3. The van der Waals surface area contributed by atoms with E-state index in [9.17, 15) is 4.79 Å². The lowest BCUT2D eigenvalue weighted by molar-refractivity contribution is -0.139. The van der Waals surface area contributed by atoms with E-state index in [2.05, 4.69) is 5.32 Å². The highest BCUT2D eigenvalue weighted by Gasteiger charge is 2.27. The van der Waals surface area contributed by atoms with Gasteiger partial charge in [0.2, 0.25) is 0 Å². The van der Waals surface area contributed by atoms with Crippen LogP contribution in [0.15, 0.2) is 0 Å². The molecule has 0 aromatic rings. The predicted octanol–water partition coefficient (Wildman–Crippen LogP) is -1.21. The Balaban J connectivity index is 2.39. The van der Waals surface area contributed by atoms with E-state index in [1.54, 1.807) is 0 Å². The van der Waals surface area contributed by atoms with Crippen molar-refractivity contribution < 1.29 is 15.0 Å². The molecule has 1 saturated heterocycles. The maximum absolute atomic E-state index is 10.2. The molecule has 1 fully saturated rings. The summed E-state index contributed by atoms with van der Waals surface area (Å²) in [6, 6.07) is -0.542. The van der Waals surface area contributed by atoms with Crippen LogP contribution in [0.25, 0.3) is 0 Å². The highest BCUT2D eigenvalue weighted by Crippen LogP contribution is 2.05. The molecule has 1 aliphatic heterocycles. The second-order valence-electron chi connectivity index (χ2n) is 2.19. The predicted molar refractivity (Wildman–Crippen MR) is 30.1 cm³/mol. The first-order chi connectivity index (χ1) is 4.20. The lowest BCUT2D eigenvalue weighted by Crippen LogP contribution is -2.29. The molecule has 0 amide bonds. The number of nitrogens with one attached hydrogen (secondary N) is 1. The summed E-state index contributed by atoms with van der Waals surface area (Å²) in [4.78, 5) is 10.2. The molecule has 2 atom stereocenters. The summed E-state index contributed by atoms with van der Waals surface area (Å²) in [6.45, 7) is 0.400. The second kappa shape index (κ2) is 2.33. The molecular weight excluding hydrogens is 122 g/mol. The highest BCUT2D eigenvalue weighted by atomic mass is 16.4. The molecule has 4 heteroatoms. The second-order valence-corrected chi connectivity index (χ2v) is 2.19. The number of aliphatic hydroxyl groups excluding tert-OH is 1. The fraction of sp³-hybridized carbons (Fsp3) is 0.800. The first-order valence-electron chi connectivity index (χ1n) is 2.84. The summed E-state index contributed by atoms with van der Waals surface area (Å²) in [5.74, 6) is -0.883. The average molecular weight is 131 g/mol. The number of β-amino-alcohol motifs (C(OH)–C–C–N with tert-alkyl or cyclic N) is 1. The quantitative estimate of drug-likeness (QED) is 0.418. The van der Waals surface area contributed by atoms with Crippen LogP contribution < -0.4 is 5.32 Å². The molecule has 0 aromatic carbocycles. The number of aliphatic carboxylic acids is 1. The van der Waals surface area contributed by atoms with Crippen molar-refractivity contribution >= 4 is 5.97 Å². The van der Waals surface area contributed by atoms with Crippen LogP contribution in [0.2, 0.25) is 0 Å². The summed E-state index contributed by atoms with van der Waals surface area (Å²) in [5.41, 5.74) is 0. The summed E-state index contributed by atoms with van der Waals surface area (Å²) in [6.07, 6.45) is -0.152. The molecule has 9 heavy (non-hydrogen) atoms. The number of hydrogen-bond donors (Lipinski definition) is 3. The fourth-order valence-corrected chi connectivity index (χ4v) is 0.905. The molecule has 4 nitrogen and oxygen atoms in total. The topological polar surface area (TPSA) is 69.6 Å².